The fraction of sp³-hybridized carbons (Fsp3) is 0.318. The molecule has 0 unspecified atom stereocenters. The van der Waals surface area contributed by atoms with Crippen molar-refractivity contribution in [3.05, 3.63) is 58.6 Å². The van der Waals surface area contributed by atoms with Crippen molar-refractivity contribution in [2.45, 2.75) is 26.2 Å². The van der Waals surface area contributed by atoms with E-state index in [9.17, 15) is 4.79 Å². The summed E-state index contributed by atoms with van der Waals surface area (Å²) in [5, 5.41) is 2.91. The van der Waals surface area contributed by atoms with Crippen molar-refractivity contribution in [2.75, 3.05) is 29.9 Å². The summed E-state index contributed by atoms with van der Waals surface area (Å²) in [6, 6.07) is 13.8. The molecule has 0 aromatic heterocycles. The summed E-state index contributed by atoms with van der Waals surface area (Å²) in [5.41, 5.74) is 2.88. The Bertz CT molecular complexity index is 796. The molecule has 4 nitrogen and oxygen atoms in total. The van der Waals surface area contributed by atoms with E-state index in [0.717, 1.165) is 34.6 Å². The molecule has 1 heterocycles. The summed E-state index contributed by atoms with van der Waals surface area (Å²) in [5.74, 6) is 0.596. The minimum absolute atomic E-state index is 0.164. The number of hydrogen-bond acceptors (Lipinski definition) is 3. The SMILES string of the molecule is CCOc1ccc(Br)cc1/C=C/C(=O)Nc1ccc(N2CCCCC2)cc1. The highest BCUT2D eigenvalue weighted by molar-refractivity contribution is 9.10. The van der Waals surface area contributed by atoms with E-state index in [0.29, 0.717) is 6.61 Å². The number of anilines is 2. The van der Waals surface area contributed by atoms with Crippen molar-refractivity contribution in [3.63, 3.8) is 0 Å². The largest absolute Gasteiger partial charge is 0.493 e. The summed E-state index contributed by atoms with van der Waals surface area (Å²) < 4.78 is 6.55. The van der Waals surface area contributed by atoms with Crippen molar-refractivity contribution >= 4 is 39.3 Å². The lowest BCUT2D eigenvalue weighted by atomic mass is 10.1. The molecule has 1 saturated heterocycles. The van der Waals surface area contributed by atoms with E-state index in [-0.39, 0.29) is 5.91 Å². The zero-order valence-corrected chi connectivity index (χ0v) is 17.2. The first-order valence-corrected chi connectivity index (χ1v) is 10.2. The number of halogens is 1. The maximum Gasteiger partial charge on any atom is 0.248 e. The summed E-state index contributed by atoms with van der Waals surface area (Å²) in [7, 11) is 0. The standard InChI is InChI=1S/C22H25BrN2O2/c1-2-27-21-12-7-18(23)16-17(21)6-13-22(26)24-19-8-10-20(11-9-19)25-14-4-3-5-15-25/h6-13,16H,2-5,14-15H2,1H3,(H,24,26)/b13-6+. The lowest BCUT2D eigenvalue weighted by Gasteiger charge is -2.28. The number of nitrogens with one attached hydrogen (secondary N) is 1. The average molecular weight is 429 g/mol. The Morgan fingerprint density at radius 2 is 1.89 bits per heavy atom. The molecule has 0 radical (unpaired) electrons. The van der Waals surface area contributed by atoms with Crippen LogP contribution in [-0.4, -0.2) is 25.6 Å². The molecular weight excluding hydrogens is 404 g/mol. The fourth-order valence-corrected chi connectivity index (χ4v) is 3.57. The maximum absolute atomic E-state index is 12.3. The predicted octanol–water partition coefficient (Wildman–Crippen LogP) is 5.49. The minimum Gasteiger partial charge on any atom is -0.493 e. The second-order valence-electron chi connectivity index (χ2n) is 6.53. The first kappa shape index (κ1) is 19.5. The van der Waals surface area contributed by atoms with Gasteiger partial charge in [-0.2, -0.15) is 0 Å². The van der Waals surface area contributed by atoms with Crippen LogP contribution in [0.3, 0.4) is 0 Å². The number of piperidine rings is 1. The number of carbonyl (C=O) groups is 1. The number of benzene rings is 2. The molecule has 2 aromatic carbocycles. The molecule has 5 heteroatoms. The highest BCUT2D eigenvalue weighted by Gasteiger charge is 2.10. The van der Waals surface area contributed by atoms with Crippen LogP contribution in [0.1, 0.15) is 31.7 Å². The van der Waals surface area contributed by atoms with Gasteiger partial charge in [-0.05, 0) is 74.7 Å². The number of rotatable bonds is 6. The normalized spacial score (nSPS) is 14.4. The molecule has 0 saturated carbocycles. The van der Waals surface area contributed by atoms with Crippen LogP contribution in [0, 0.1) is 0 Å². The van der Waals surface area contributed by atoms with Crippen LogP contribution in [0.25, 0.3) is 6.08 Å². The lowest BCUT2D eigenvalue weighted by Crippen LogP contribution is -2.29. The molecule has 0 atom stereocenters. The van der Waals surface area contributed by atoms with Crippen LogP contribution in [0.15, 0.2) is 53.0 Å². The summed E-state index contributed by atoms with van der Waals surface area (Å²) in [6.45, 7) is 4.75. The summed E-state index contributed by atoms with van der Waals surface area (Å²) in [4.78, 5) is 14.7. The Hall–Kier alpha value is -2.27. The fourth-order valence-electron chi connectivity index (χ4n) is 3.19. The van der Waals surface area contributed by atoms with Crippen LogP contribution >= 0.6 is 15.9 Å². The van der Waals surface area contributed by atoms with E-state index in [2.05, 4.69) is 38.3 Å². The first-order chi connectivity index (χ1) is 13.2. The zero-order chi connectivity index (χ0) is 19.1. The Kier molecular flexibility index (Phi) is 6.93. The highest BCUT2D eigenvalue weighted by Crippen LogP contribution is 2.25. The van der Waals surface area contributed by atoms with Crippen LogP contribution in [0.2, 0.25) is 0 Å². The van der Waals surface area contributed by atoms with E-state index in [1.807, 2.05) is 37.3 Å². The molecule has 1 amide bonds. The van der Waals surface area contributed by atoms with E-state index in [4.69, 9.17) is 4.74 Å². The number of amides is 1. The highest BCUT2D eigenvalue weighted by atomic mass is 79.9. The van der Waals surface area contributed by atoms with Gasteiger partial charge in [0.05, 0.1) is 6.61 Å². The second kappa shape index (κ2) is 9.60. The minimum atomic E-state index is -0.164. The summed E-state index contributed by atoms with van der Waals surface area (Å²) >= 11 is 3.45. The molecule has 1 aliphatic rings. The van der Waals surface area contributed by atoms with Crippen molar-refractivity contribution in [2.24, 2.45) is 0 Å². The van der Waals surface area contributed by atoms with Crippen LogP contribution in [-0.2, 0) is 4.79 Å². The van der Waals surface area contributed by atoms with Gasteiger partial charge in [-0.15, -0.1) is 0 Å². The smallest absolute Gasteiger partial charge is 0.248 e. The molecule has 3 rings (SSSR count). The van der Waals surface area contributed by atoms with Crippen molar-refractivity contribution in [1.82, 2.24) is 0 Å². The third-order valence-electron chi connectivity index (χ3n) is 4.54. The van der Waals surface area contributed by atoms with E-state index < -0.39 is 0 Å². The van der Waals surface area contributed by atoms with Gasteiger partial charge in [0.15, 0.2) is 0 Å². The average Bonchev–Trinajstić information content (AvgIpc) is 2.69. The van der Waals surface area contributed by atoms with Gasteiger partial charge in [-0.3, -0.25) is 4.79 Å². The second-order valence-corrected chi connectivity index (χ2v) is 7.45. The van der Waals surface area contributed by atoms with E-state index in [1.54, 1.807) is 6.08 Å². The number of nitrogens with zero attached hydrogens (tertiary/aromatic N) is 1. The molecule has 2 aromatic rings. The van der Waals surface area contributed by atoms with Gasteiger partial charge in [0, 0.05) is 40.6 Å². The predicted molar refractivity (Wildman–Crippen MR) is 115 cm³/mol. The molecule has 0 bridgehead atoms. The number of hydrogen-bond donors (Lipinski definition) is 1. The third-order valence-corrected chi connectivity index (χ3v) is 5.04. The van der Waals surface area contributed by atoms with E-state index in [1.165, 1.54) is 31.0 Å². The quantitative estimate of drug-likeness (QED) is 0.618. The zero-order valence-electron chi connectivity index (χ0n) is 15.6. The van der Waals surface area contributed by atoms with Crippen molar-refractivity contribution < 1.29 is 9.53 Å². The van der Waals surface area contributed by atoms with Gasteiger partial charge < -0.3 is 15.0 Å². The Balaban J connectivity index is 1.62. The molecule has 142 valence electrons. The molecule has 0 spiro atoms. The maximum atomic E-state index is 12.3. The molecule has 0 aliphatic carbocycles. The van der Waals surface area contributed by atoms with Gasteiger partial charge >= 0.3 is 0 Å². The number of ether oxygens (including phenoxy) is 1. The van der Waals surface area contributed by atoms with Gasteiger partial charge in [0.25, 0.3) is 0 Å². The van der Waals surface area contributed by atoms with E-state index >= 15 is 0 Å². The molecular formula is C22H25BrN2O2. The van der Waals surface area contributed by atoms with Crippen molar-refractivity contribution in [3.8, 4) is 5.75 Å². The Labute approximate surface area is 169 Å². The number of carbonyl (C=O) groups excluding carboxylic acids is 1. The van der Waals surface area contributed by atoms with Gasteiger partial charge in [0.1, 0.15) is 5.75 Å². The summed E-state index contributed by atoms with van der Waals surface area (Å²) in [6.07, 6.45) is 7.13. The topological polar surface area (TPSA) is 41.6 Å². The molecule has 1 N–H and O–H groups in total. The van der Waals surface area contributed by atoms with Gasteiger partial charge in [-0.25, -0.2) is 0 Å². The Morgan fingerprint density at radius 1 is 1.15 bits per heavy atom. The van der Waals surface area contributed by atoms with Gasteiger partial charge in [-0.1, -0.05) is 15.9 Å². The van der Waals surface area contributed by atoms with Gasteiger partial charge in [0.2, 0.25) is 5.91 Å². The Morgan fingerprint density at radius 3 is 2.59 bits per heavy atom. The van der Waals surface area contributed by atoms with Crippen LogP contribution in [0.5, 0.6) is 5.75 Å². The third kappa shape index (κ3) is 5.60. The first-order valence-electron chi connectivity index (χ1n) is 9.42. The van der Waals surface area contributed by atoms with Crippen LogP contribution in [0.4, 0.5) is 11.4 Å². The van der Waals surface area contributed by atoms with Crippen molar-refractivity contribution in [1.29, 1.82) is 0 Å². The molecule has 1 fully saturated rings. The molecule has 27 heavy (non-hydrogen) atoms. The lowest BCUT2D eigenvalue weighted by molar-refractivity contribution is -0.111. The van der Waals surface area contributed by atoms with Crippen LogP contribution < -0.4 is 15.0 Å². The molecule has 1 aliphatic heterocycles. The monoisotopic (exact) mass is 428 g/mol.